The Morgan fingerprint density at radius 3 is 2.65 bits per heavy atom. The Bertz CT molecular complexity index is 510. The molecular formula is C15H21N3O2. The minimum atomic E-state index is -0.120. The fourth-order valence-electron chi connectivity index (χ4n) is 1.92. The lowest BCUT2D eigenvalue weighted by Crippen LogP contribution is -2.23. The van der Waals surface area contributed by atoms with Crippen LogP contribution >= 0.6 is 0 Å². The zero-order valence-corrected chi connectivity index (χ0v) is 12.0. The highest BCUT2D eigenvalue weighted by atomic mass is 16.2. The van der Waals surface area contributed by atoms with Crippen molar-refractivity contribution in [3.05, 3.63) is 23.8 Å². The van der Waals surface area contributed by atoms with Gasteiger partial charge in [0.05, 0.1) is 0 Å². The van der Waals surface area contributed by atoms with Crippen LogP contribution in [0, 0.1) is 6.92 Å². The zero-order valence-electron chi connectivity index (χ0n) is 12.0. The first kappa shape index (κ1) is 14.5. The standard InChI is InChI=1S/C15H21N3O2/c1-10-3-4-13(9-14(10)17-11(2)19)18-15(20)7-8-16-12-5-6-12/h3-4,9,12,16H,5-8H2,1-2H3,(H,17,19)(H,18,20). The van der Waals surface area contributed by atoms with E-state index in [1.807, 2.05) is 19.1 Å². The molecule has 1 fully saturated rings. The number of carbonyl (C=O) groups excluding carboxylic acids is 2. The molecular weight excluding hydrogens is 254 g/mol. The first-order chi connectivity index (χ1) is 9.54. The summed E-state index contributed by atoms with van der Waals surface area (Å²) in [7, 11) is 0. The summed E-state index contributed by atoms with van der Waals surface area (Å²) < 4.78 is 0. The smallest absolute Gasteiger partial charge is 0.225 e. The number of nitrogens with one attached hydrogen (secondary N) is 3. The third-order valence-corrected chi connectivity index (χ3v) is 3.19. The molecule has 0 aliphatic heterocycles. The lowest BCUT2D eigenvalue weighted by atomic mass is 10.1. The molecule has 1 saturated carbocycles. The van der Waals surface area contributed by atoms with Crippen molar-refractivity contribution in [1.29, 1.82) is 0 Å². The van der Waals surface area contributed by atoms with Crippen LogP contribution in [0.2, 0.25) is 0 Å². The number of aryl methyl sites for hydroxylation is 1. The topological polar surface area (TPSA) is 70.2 Å². The zero-order chi connectivity index (χ0) is 14.5. The number of amides is 2. The normalized spacial score (nSPS) is 13.9. The Morgan fingerprint density at radius 2 is 2.00 bits per heavy atom. The summed E-state index contributed by atoms with van der Waals surface area (Å²) in [4.78, 5) is 22.9. The molecule has 108 valence electrons. The molecule has 0 unspecified atom stereocenters. The molecule has 0 saturated heterocycles. The number of rotatable bonds is 6. The Hall–Kier alpha value is -1.88. The van der Waals surface area contributed by atoms with Gasteiger partial charge in [-0.3, -0.25) is 9.59 Å². The number of hydrogen-bond acceptors (Lipinski definition) is 3. The van der Waals surface area contributed by atoms with E-state index in [0.717, 1.165) is 11.3 Å². The molecule has 1 aromatic rings. The van der Waals surface area contributed by atoms with Crippen molar-refractivity contribution in [1.82, 2.24) is 5.32 Å². The predicted octanol–water partition coefficient (Wildman–Crippen LogP) is 2.03. The molecule has 0 spiro atoms. The molecule has 2 amide bonds. The highest BCUT2D eigenvalue weighted by molar-refractivity contribution is 5.94. The van der Waals surface area contributed by atoms with E-state index in [-0.39, 0.29) is 11.8 Å². The maximum Gasteiger partial charge on any atom is 0.225 e. The van der Waals surface area contributed by atoms with E-state index in [9.17, 15) is 9.59 Å². The molecule has 0 heterocycles. The van der Waals surface area contributed by atoms with Crippen molar-refractivity contribution >= 4 is 23.2 Å². The van der Waals surface area contributed by atoms with E-state index in [1.54, 1.807) is 6.07 Å². The molecule has 3 N–H and O–H groups in total. The fraction of sp³-hybridized carbons (Fsp3) is 0.467. The second-order valence-corrected chi connectivity index (χ2v) is 5.24. The summed E-state index contributed by atoms with van der Waals surface area (Å²) in [5, 5.41) is 8.90. The van der Waals surface area contributed by atoms with Gasteiger partial charge in [0.25, 0.3) is 0 Å². The van der Waals surface area contributed by atoms with Gasteiger partial charge in [-0.15, -0.1) is 0 Å². The van der Waals surface area contributed by atoms with Crippen LogP contribution in [0.4, 0.5) is 11.4 Å². The first-order valence-corrected chi connectivity index (χ1v) is 6.96. The largest absolute Gasteiger partial charge is 0.326 e. The van der Waals surface area contributed by atoms with Gasteiger partial charge in [0.2, 0.25) is 11.8 Å². The molecule has 1 aliphatic rings. The summed E-state index contributed by atoms with van der Waals surface area (Å²) >= 11 is 0. The Labute approximate surface area is 119 Å². The summed E-state index contributed by atoms with van der Waals surface area (Å²) in [6, 6.07) is 6.12. The van der Waals surface area contributed by atoms with Gasteiger partial charge in [0.15, 0.2) is 0 Å². The van der Waals surface area contributed by atoms with Gasteiger partial charge in [-0.1, -0.05) is 6.07 Å². The molecule has 5 heteroatoms. The molecule has 2 rings (SSSR count). The van der Waals surface area contributed by atoms with Gasteiger partial charge in [-0.25, -0.2) is 0 Å². The Kier molecular flexibility index (Phi) is 4.74. The van der Waals surface area contributed by atoms with Crippen LogP contribution in [0.5, 0.6) is 0 Å². The predicted molar refractivity (Wildman–Crippen MR) is 79.8 cm³/mol. The summed E-state index contributed by atoms with van der Waals surface area (Å²) in [5.41, 5.74) is 2.40. The SMILES string of the molecule is CC(=O)Nc1cc(NC(=O)CCNC2CC2)ccc1C. The van der Waals surface area contributed by atoms with Crippen LogP contribution in [0.3, 0.4) is 0 Å². The Balaban J connectivity index is 1.87. The Morgan fingerprint density at radius 1 is 1.25 bits per heavy atom. The number of carbonyl (C=O) groups is 2. The monoisotopic (exact) mass is 275 g/mol. The van der Waals surface area contributed by atoms with Gasteiger partial charge in [0.1, 0.15) is 0 Å². The van der Waals surface area contributed by atoms with Crippen molar-refractivity contribution in [3.63, 3.8) is 0 Å². The molecule has 0 aromatic heterocycles. The third kappa shape index (κ3) is 4.66. The molecule has 0 radical (unpaired) electrons. The molecule has 0 atom stereocenters. The van der Waals surface area contributed by atoms with Gasteiger partial charge in [0, 0.05) is 37.3 Å². The van der Waals surface area contributed by atoms with Crippen molar-refractivity contribution in [3.8, 4) is 0 Å². The minimum Gasteiger partial charge on any atom is -0.326 e. The summed E-state index contributed by atoms with van der Waals surface area (Å²) in [6.45, 7) is 4.09. The molecule has 1 aromatic carbocycles. The molecule has 5 nitrogen and oxygen atoms in total. The van der Waals surface area contributed by atoms with Crippen LogP contribution < -0.4 is 16.0 Å². The summed E-state index contributed by atoms with van der Waals surface area (Å²) in [5.74, 6) is -0.138. The second-order valence-electron chi connectivity index (χ2n) is 5.24. The fourth-order valence-corrected chi connectivity index (χ4v) is 1.92. The highest BCUT2D eigenvalue weighted by Gasteiger charge is 2.20. The number of benzene rings is 1. The van der Waals surface area contributed by atoms with Gasteiger partial charge < -0.3 is 16.0 Å². The quantitative estimate of drug-likeness (QED) is 0.744. The van der Waals surface area contributed by atoms with Crippen molar-refractivity contribution in [2.75, 3.05) is 17.2 Å². The average Bonchev–Trinajstić information content (AvgIpc) is 3.17. The minimum absolute atomic E-state index is 0.0178. The van der Waals surface area contributed by atoms with Crippen LogP contribution in [0.1, 0.15) is 31.7 Å². The van der Waals surface area contributed by atoms with E-state index in [0.29, 0.717) is 24.7 Å². The maximum atomic E-state index is 11.8. The van der Waals surface area contributed by atoms with Gasteiger partial charge in [-0.2, -0.15) is 0 Å². The van der Waals surface area contributed by atoms with Gasteiger partial charge >= 0.3 is 0 Å². The van der Waals surface area contributed by atoms with Crippen LogP contribution in [-0.4, -0.2) is 24.4 Å². The van der Waals surface area contributed by atoms with Crippen molar-refractivity contribution in [2.45, 2.75) is 39.2 Å². The summed E-state index contributed by atoms with van der Waals surface area (Å²) in [6.07, 6.45) is 2.90. The van der Waals surface area contributed by atoms with Crippen LogP contribution in [0.15, 0.2) is 18.2 Å². The van der Waals surface area contributed by atoms with Crippen LogP contribution in [-0.2, 0) is 9.59 Å². The van der Waals surface area contributed by atoms with E-state index in [2.05, 4.69) is 16.0 Å². The molecule has 1 aliphatic carbocycles. The van der Waals surface area contributed by atoms with Crippen LogP contribution in [0.25, 0.3) is 0 Å². The lowest BCUT2D eigenvalue weighted by Gasteiger charge is -2.10. The molecule has 20 heavy (non-hydrogen) atoms. The second kappa shape index (κ2) is 6.52. The van der Waals surface area contributed by atoms with E-state index >= 15 is 0 Å². The molecule has 0 bridgehead atoms. The van der Waals surface area contributed by atoms with E-state index < -0.39 is 0 Å². The first-order valence-electron chi connectivity index (χ1n) is 6.96. The number of hydrogen-bond donors (Lipinski definition) is 3. The number of anilines is 2. The average molecular weight is 275 g/mol. The third-order valence-electron chi connectivity index (χ3n) is 3.19. The highest BCUT2D eigenvalue weighted by Crippen LogP contribution is 2.21. The maximum absolute atomic E-state index is 11.8. The lowest BCUT2D eigenvalue weighted by molar-refractivity contribution is -0.116. The van der Waals surface area contributed by atoms with Crippen molar-refractivity contribution < 1.29 is 9.59 Å². The van der Waals surface area contributed by atoms with E-state index in [1.165, 1.54) is 19.8 Å². The van der Waals surface area contributed by atoms with Crippen molar-refractivity contribution in [2.24, 2.45) is 0 Å². The van der Waals surface area contributed by atoms with E-state index in [4.69, 9.17) is 0 Å². The van der Waals surface area contributed by atoms with Gasteiger partial charge in [-0.05, 0) is 37.5 Å².